The van der Waals surface area contributed by atoms with Gasteiger partial charge < -0.3 is 86.5 Å². The van der Waals surface area contributed by atoms with Crippen LogP contribution in [-0.4, -0.2) is 174 Å². The topological polar surface area (TPSA) is 479 Å². The van der Waals surface area contributed by atoms with Crippen LogP contribution in [0, 0.1) is 23.7 Å². The van der Waals surface area contributed by atoms with Crippen molar-refractivity contribution in [2.24, 2.45) is 57.3 Å². The molecule has 20 N–H and O–H groups in total. The lowest BCUT2D eigenvalue weighted by Gasteiger charge is -2.30. The fourth-order valence-electron chi connectivity index (χ4n) is 9.89. The minimum atomic E-state index is -1.42. The van der Waals surface area contributed by atoms with Crippen LogP contribution in [-0.2, 0) is 57.5 Å². The van der Waals surface area contributed by atoms with Crippen molar-refractivity contribution >= 4 is 76.9 Å². The second-order valence-electron chi connectivity index (χ2n) is 23.6. The summed E-state index contributed by atoms with van der Waals surface area (Å²) >= 11 is 0. The molecule has 0 radical (unpaired) electrons. The van der Waals surface area contributed by atoms with Gasteiger partial charge >= 0.3 is 5.97 Å². The molecule has 0 aromatic heterocycles. The van der Waals surface area contributed by atoms with Crippen LogP contribution in [0.15, 0.2) is 4.99 Å². The summed E-state index contributed by atoms with van der Waals surface area (Å²) in [6.45, 7) is 15.4. The monoisotopic (exact) mass is 1190 g/mol. The molecule has 0 spiro atoms. The number of aliphatic carboxylic acids is 1. The predicted octanol–water partition coefficient (Wildman–Crippen LogP) is -2.80. The molecule has 11 amide bonds. The van der Waals surface area contributed by atoms with Gasteiger partial charge in [0.25, 0.3) is 0 Å². The van der Waals surface area contributed by atoms with Crippen molar-refractivity contribution < 1.29 is 62.6 Å². The molecule has 2 fully saturated rings. The van der Waals surface area contributed by atoms with Crippen LogP contribution in [0.5, 0.6) is 0 Å². The number of carbonyl (C=O) groups is 12. The SMILES string of the molecule is CC(C)C[C@H](NC(=O)[C@H](CC(N)=O)NC(=O)[C@@H]1CCCN1)C(=O)N[C@@H](CCCCN)C(=O)N[C@@H](CCCN=C(N)N)C(=O)N[C@@H](CC(C)C)C(=O)N[C@@H](CC(C)C)C(=O)N[C@@H](CC(C)C)C(=O)N[C@@H](CCC(=O)O)C(=O)N1CCC[C@H]1C(N)=O. The highest BCUT2D eigenvalue weighted by molar-refractivity contribution is 5.99. The van der Waals surface area contributed by atoms with E-state index in [1.807, 2.05) is 0 Å². The number of carboxylic acid groups (broad SMARTS) is 1. The van der Waals surface area contributed by atoms with E-state index in [0.717, 1.165) is 6.42 Å². The molecule has 0 saturated carbocycles. The molecular weight excluding hydrogens is 1090 g/mol. The van der Waals surface area contributed by atoms with Crippen LogP contribution < -0.4 is 76.5 Å². The normalized spacial score (nSPS) is 17.8. The summed E-state index contributed by atoms with van der Waals surface area (Å²) in [5.74, 6) is -10.7. The van der Waals surface area contributed by atoms with Crippen LogP contribution in [0.2, 0.25) is 0 Å². The number of primary amides is 2. The highest BCUT2D eigenvalue weighted by atomic mass is 16.4. The number of hydrogen-bond donors (Lipinski definition) is 15. The number of carbonyl (C=O) groups excluding carboxylic acids is 11. The minimum absolute atomic E-state index is 0.0327. The number of amides is 11. The van der Waals surface area contributed by atoms with Crippen molar-refractivity contribution in [2.75, 3.05) is 26.2 Å². The molecule has 0 aromatic carbocycles. The van der Waals surface area contributed by atoms with Crippen molar-refractivity contribution in [3.05, 3.63) is 0 Å². The zero-order valence-corrected chi connectivity index (χ0v) is 50.4. The van der Waals surface area contributed by atoms with E-state index in [4.69, 9.17) is 28.7 Å². The van der Waals surface area contributed by atoms with Gasteiger partial charge in [-0.1, -0.05) is 55.4 Å². The number of nitrogens with two attached hydrogens (primary N) is 5. The molecule has 2 rings (SSSR count). The number of hydrogen-bond acceptors (Lipinski definition) is 15. The van der Waals surface area contributed by atoms with E-state index in [-0.39, 0.29) is 101 Å². The van der Waals surface area contributed by atoms with Gasteiger partial charge in [-0.15, -0.1) is 0 Å². The third-order valence-electron chi connectivity index (χ3n) is 14.1. The number of aliphatic imine (C=N–C) groups is 1. The number of carboxylic acids is 1. The summed E-state index contributed by atoms with van der Waals surface area (Å²) in [5, 5.41) is 34.0. The van der Waals surface area contributed by atoms with Gasteiger partial charge in [0, 0.05) is 19.5 Å². The van der Waals surface area contributed by atoms with E-state index in [1.165, 1.54) is 4.90 Å². The Hall–Kier alpha value is -7.17. The molecule has 10 atom stereocenters. The van der Waals surface area contributed by atoms with E-state index in [9.17, 15) is 62.6 Å². The Morgan fingerprint density at radius 1 is 0.524 bits per heavy atom. The first-order valence-electron chi connectivity index (χ1n) is 29.5. The first kappa shape index (κ1) is 72.9. The van der Waals surface area contributed by atoms with Crippen molar-refractivity contribution in [1.82, 2.24) is 52.8 Å². The zero-order valence-electron chi connectivity index (χ0n) is 50.4. The second kappa shape index (κ2) is 37.2. The average Bonchev–Trinajstić information content (AvgIpc) is 4.33. The van der Waals surface area contributed by atoms with Crippen molar-refractivity contribution in [1.29, 1.82) is 0 Å². The summed E-state index contributed by atoms with van der Waals surface area (Å²) in [7, 11) is 0. The summed E-state index contributed by atoms with van der Waals surface area (Å²) < 4.78 is 0. The lowest BCUT2D eigenvalue weighted by molar-refractivity contribution is -0.142. The number of likely N-dealkylation sites (tertiary alicyclic amines) is 1. The molecule has 0 aliphatic carbocycles. The molecule has 2 saturated heterocycles. The average molecular weight is 1190 g/mol. The summed E-state index contributed by atoms with van der Waals surface area (Å²) in [4.78, 5) is 168. The molecule has 29 nitrogen and oxygen atoms in total. The highest BCUT2D eigenvalue weighted by Crippen LogP contribution is 2.20. The Morgan fingerprint density at radius 3 is 1.32 bits per heavy atom. The number of nitrogens with zero attached hydrogens (tertiary/aromatic N) is 2. The lowest BCUT2D eigenvalue weighted by atomic mass is 9.98. The van der Waals surface area contributed by atoms with Gasteiger partial charge in [-0.3, -0.25) is 62.5 Å². The maximum absolute atomic E-state index is 14.5. The third-order valence-corrected chi connectivity index (χ3v) is 14.1. The predicted molar refractivity (Wildman–Crippen MR) is 312 cm³/mol. The first-order chi connectivity index (χ1) is 39.4. The van der Waals surface area contributed by atoms with Gasteiger partial charge in [0.15, 0.2) is 5.96 Å². The quantitative estimate of drug-likeness (QED) is 0.0168. The van der Waals surface area contributed by atoms with Gasteiger partial charge in [0.2, 0.25) is 65.0 Å². The maximum atomic E-state index is 14.5. The number of nitrogens with one attached hydrogen (secondary N) is 9. The Labute approximate surface area is 492 Å². The molecular formula is C55H98N16O13. The van der Waals surface area contributed by atoms with Gasteiger partial charge in [0.1, 0.15) is 54.4 Å². The molecule has 29 heteroatoms. The Morgan fingerprint density at radius 2 is 0.940 bits per heavy atom. The standard InChI is InChI=1S/C55H98N16O13/c1-29(2)24-37(69-53(83)41(28-43(57)72)70-46(76)33-15-11-21-61-33)49(79)64-34(14-9-10-20-56)47(77)63-35(16-12-22-62-55(59)60)48(78)66-39(26-31(5)6)51(81)68-40(27-32(7)8)52(82)67-38(25-30(3)4)50(80)65-36(18-19-44(73)74)54(84)71-23-13-17-42(71)45(58)75/h29-42,61H,9-28,56H2,1-8H3,(H2,57,72)(H2,58,75)(H,63,77)(H,64,79)(H,65,80)(H,66,78)(H,67,82)(H,68,81)(H,69,83)(H,70,76)(H,73,74)(H4,59,60,62)/t33-,34-,35-,36-,37-,38-,39-,40-,41-,42-/m0/s1. The maximum Gasteiger partial charge on any atom is 0.303 e. The molecule has 0 aromatic rings. The van der Waals surface area contributed by atoms with Crippen LogP contribution in [0.1, 0.15) is 158 Å². The zero-order chi connectivity index (χ0) is 63.4. The van der Waals surface area contributed by atoms with Crippen LogP contribution in [0.4, 0.5) is 0 Å². The summed E-state index contributed by atoms with van der Waals surface area (Å²) in [6.07, 6.45) is 1.73. The smallest absolute Gasteiger partial charge is 0.303 e. The molecule has 2 aliphatic rings. The van der Waals surface area contributed by atoms with E-state index in [1.54, 1.807) is 55.4 Å². The van der Waals surface area contributed by atoms with Crippen molar-refractivity contribution in [3.8, 4) is 0 Å². The Bertz CT molecular complexity index is 2270. The van der Waals surface area contributed by atoms with Crippen molar-refractivity contribution in [2.45, 2.75) is 219 Å². The number of guanidine groups is 1. The summed E-state index contributed by atoms with van der Waals surface area (Å²) in [6, 6.07) is -12.2. The molecule has 84 heavy (non-hydrogen) atoms. The van der Waals surface area contributed by atoms with Gasteiger partial charge in [-0.05, 0) is 127 Å². The summed E-state index contributed by atoms with van der Waals surface area (Å²) in [5.41, 5.74) is 28.0. The molecule has 2 heterocycles. The number of unbranched alkanes of at least 4 members (excludes halogenated alkanes) is 1. The molecule has 2 aliphatic heterocycles. The van der Waals surface area contributed by atoms with Crippen molar-refractivity contribution in [3.63, 3.8) is 0 Å². The Balaban J connectivity index is 2.48. The third kappa shape index (κ3) is 27.0. The fraction of sp³-hybridized carbons (Fsp3) is 0.764. The number of rotatable bonds is 39. The van der Waals surface area contributed by atoms with Gasteiger partial charge in [0.05, 0.1) is 12.5 Å². The fourth-order valence-corrected chi connectivity index (χ4v) is 9.89. The first-order valence-corrected chi connectivity index (χ1v) is 29.5. The van der Waals surface area contributed by atoms with E-state index in [2.05, 4.69) is 52.8 Å². The second-order valence-corrected chi connectivity index (χ2v) is 23.6. The molecule has 476 valence electrons. The largest absolute Gasteiger partial charge is 0.481 e. The van der Waals surface area contributed by atoms with Gasteiger partial charge in [-0.2, -0.15) is 0 Å². The molecule has 0 unspecified atom stereocenters. The molecule has 0 bridgehead atoms. The van der Waals surface area contributed by atoms with E-state index >= 15 is 0 Å². The van der Waals surface area contributed by atoms with E-state index < -0.39 is 144 Å². The van der Waals surface area contributed by atoms with Crippen LogP contribution >= 0.6 is 0 Å². The van der Waals surface area contributed by atoms with Crippen LogP contribution in [0.25, 0.3) is 0 Å². The minimum Gasteiger partial charge on any atom is -0.481 e. The van der Waals surface area contributed by atoms with Crippen LogP contribution in [0.3, 0.4) is 0 Å². The van der Waals surface area contributed by atoms with E-state index in [0.29, 0.717) is 38.6 Å². The lowest BCUT2D eigenvalue weighted by Crippen LogP contribution is -2.61. The Kier molecular flexibility index (Phi) is 32.3. The highest BCUT2D eigenvalue weighted by Gasteiger charge is 2.40. The van der Waals surface area contributed by atoms with Gasteiger partial charge in [-0.25, -0.2) is 0 Å².